The first-order valence-corrected chi connectivity index (χ1v) is 10.3. The van der Waals surface area contributed by atoms with Gasteiger partial charge in [0.25, 0.3) is 11.1 Å². The summed E-state index contributed by atoms with van der Waals surface area (Å²) in [5.41, 5.74) is 1.79. The summed E-state index contributed by atoms with van der Waals surface area (Å²) in [6, 6.07) is 7.53. The average Bonchev–Trinajstić information content (AvgIpc) is 3.34. The molecular weight excluding hydrogens is 378 g/mol. The number of H-pyrrole nitrogens is 1. The van der Waals surface area contributed by atoms with E-state index < -0.39 is 11.9 Å². The SMILES string of the molecule is O=C(CSc1nnc(-c2c[nH]c3ccccc23)o1)NC(=O)NC1CCCCC1. The molecule has 1 fully saturated rings. The number of aromatic amines is 1. The third kappa shape index (κ3) is 4.36. The molecule has 9 heteroatoms. The van der Waals surface area contributed by atoms with Crippen molar-refractivity contribution >= 4 is 34.6 Å². The monoisotopic (exact) mass is 399 g/mol. The van der Waals surface area contributed by atoms with E-state index in [1.807, 2.05) is 30.5 Å². The number of urea groups is 1. The fraction of sp³-hybridized carbons (Fsp3) is 0.368. The van der Waals surface area contributed by atoms with E-state index in [0.29, 0.717) is 5.89 Å². The molecule has 2 aromatic heterocycles. The van der Waals surface area contributed by atoms with Gasteiger partial charge in [-0.05, 0) is 18.9 Å². The Labute approximate surface area is 165 Å². The van der Waals surface area contributed by atoms with E-state index in [9.17, 15) is 9.59 Å². The second kappa shape index (κ2) is 8.47. The topological polar surface area (TPSA) is 113 Å². The predicted molar refractivity (Wildman–Crippen MR) is 106 cm³/mol. The molecule has 1 aliphatic rings. The third-order valence-electron chi connectivity index (χ3n) is 4.75. The van der Waals surface area contributed by atoms with Crippen molar-refractivity contribution in [1.82, 2.24) is 25.8 Å². The first kappa shape index (κ1) is 18.5. The van der Waals surface area contributed by atoms with Gasteiger partial charge in [0.05, 0.1) is 11.3 Å². The quantitative estimate of drug-likeness (QED) is 0.566. The van der Waals surface area contributed by atoms with E-state index >= 15 is 0 Å². The molecule has 1 saturated carbocycles. The zero-order chi connectivity index (χ0) is 19.3. The minimum Gasteiger partial charge on any atom is -0.411 e. The summed E-state index contributed by atoms with van der Waals surface area (Å²) < 4.78 is 5.65. The maximum Gasteiger partial charge on any atom is 0.321 e. The molecular formula is C19H21N5O3S. The van der Waals surface area contributed by atoms with Gasteiger partial charge in [0.15, 0.2) is 0 Å². The molecule has 3 amide bonds. The molecule has 3 aromatic rings. The second-order valence-corrected chi connectivity index (χ2v) is 7.69. The molecule has 0 spiro atoms. The van der Waals surface area contributed by atoms with Crippen LogP contribution < -0.4 is 10.6 Å². The van der Waals surface area contributed by atoms with Gasteiger partial charge in [-0.15, -0.1) is 10.2 Å². The first-order valence-electron chi connectivity index (χ1n) is 9.32. The molecule has 1 aromatic carbocycles. The normalized spacial score (nSPS) is 14.9. The van der Waals surface area contributed by atoms with Crippen molar-refractivity contribution in [3.63, 3.8) is 0 Å². The number of hydrogen-bond donors (Lipinski definition) is 3. The van der Waals surface area contributed by atoms with Gasteiger partial charge in [0.1, 0.15) is 0 Å². The van der Waals surface area contributed by atoms with Gasteiger partial charge in [-0.3, -0.25) is 10.1 Å². The van der Waals surface area contributed by atoms with Crippen LogP contribution >= 0.6 is 11.8 Å². The fourth-order valence-electron chi connectivity index (χ4n) is 3.38. The van der Waals surface area contributed by atoms with Gasteiger partial charge >= 0.3 is 6.03 Å². The van der Waals surface area contributed by atoms with Gasteiger partial charge < -0.3 is 14.7 Å². The number of thioether (sulfide) groups is 1. The van der Waals surface area contributed by atoms with Crippen LogP contribution in [0.15, 0.2) is 40.1 Å². The molecule has 4 rings (SSSR count). The van der Waals surface area contributed by atoms with Crippen molar-refractivity contribution in [2.45, 2.75) is 43.4 Å². The van der Waals surface area contributed by atoms with Crippen LogP contribution in [-0.4, -0.2) is 38.9 Å². The molecule has 1 aliphatic carbocycles. The Balaban J connectivity index is 1.29. The molecule has 0 bridgehead atoms. The molecule has 8 nitrogen and oxygen atoms in total. The van der Waals surface area contributed by atoms with Gasteiger partial charge in [-0.25, -0.2) is 4.79 Å². The zero-order valence-electron chi connectivity index (χ0n) is 15.2. The summed E-state index contributed by atoms with van der Waals surface area (Å²) in [5.74, 6) is 0.00806. The molecule has 0 unspecified atom stereocenters. The molecule has 0 atom stereocenters. The molecule has 0 radical (unpaired) electrons. The highest BCUT2D eigenvalue weighted by Crippen LogP contribution is 2.29. The third-order valence-corrected chi connectivity index (χ3v) is 5.56. The number of para-hydroxylation sites is 1. The maximum atomic E-state index is 12.0. The molecule has 3 N–H and O–H groups in total. The minimum absolute atomic E-state index is 0.0214. The van der Waals surface area contributed by atoms with Crippen LogP contribution in [0, 0.1) is 0 Å². The van der Waals surface area contributed by atoms with Crippen molar-refractivity contribution < 1.29 is 14.0 Å². The summed E-state index contributed by atoms with van der Waals surface area (Å²) in [7, 11) is 0. The Bertz CT molecular complexity index is 977. The van der Waals surface area contributed by atoms with Crippen LogP contribution in [0.5, 0.6) is 0 Å². The van der Waals surface area contributed by atoms with Crippen LogP contribution in [0.3, 0.4) is 0 Å². The Morgan fingerprint density at radius 3 is 2.86 bits per heavy atom. The van der Waals surface area contributed by atoms with Crippen molar-refractivity contribution in [2.24, 2.45) is 0 Å². The maximum absolute atomic E-state index is 12.0. The Morgan fingerprint density at radius 1 is 1.18 bits per heavy atom. The minimum atomic E-state index is -0.442. The number of fused-ring (bicyclic) bond motifs is 1. The largest absolute Gasteiger partial charge is 0.411 e. The number of nitrogens with zero attached hydrogens (tertiary/aromatic N) is 2. The molecule has 2 heterocycles. The number of carbonyl (C=O) groups is 2. The summed E-state index contributed by atoms with van der Waals surface area (Å²) in [6.45, 7) is 0. The summed E-state index contributed by atoms with van der Waals surface area (Å²) in [6.07, 6.45) is 7.19. The lowest BCUT2D eigenvalue weighted by atomic mass is 9.96. The highest BCUT2D eigenvalue weighted by Gasteiger charge is 2.18. The summed E-state index contributed by atoms with van der Waals surface area (Å²) in [5, 5.41) is 14.5. The Hall–Kier alpha value is -2.81. The lowest BCUT2D eigenvalue weighted by Gasteiger charge is -2.22. The predicted octanol–water partition coefficient (Wildman–Crippen LogP) is 3.47. The molecule has 28 heavy (non-hydrogen) atoms. The Kier molecular flexibility index (Phi) is 5.61. The molecule has 0 aliphatic heterocycles. The van der Waals surface area contributed by atoms with Crippen LogP contribution in [-0.2, 0) is 4.79 Å². The molecule has 146 valence electrons. The van der Waals surface area contributed by atoms with Crippen molar-refractivity contribution in [3.05, 3.63) is 30.5 Å². The number of rotatable bonds is 5. The summed E-state index contributed by atoms with van der Waals surface area (Å²) in [4.78, 5) is 27.1. The van der Waals surface area contributed by atoms with Crippen LogP contribution in [0.2, 0.25) is 0 Å². The van der Waals surface area contributed by atoms with E-state index in [0.717, 1.165) is 53.9 Å². The lowest BCUT2D eigenvalue weighted by Crippen LogP contribution is -2.45. The number of aromatic nitrogens is 3. The van der Waals surface area contributed by atoms with Gasteiger partial charge in [0.2, 0.25) is 5.91 Å². The number of carbonyl (C=O) groups excluding carboxylic acids is 2. The van der Waals surface area contributed by atoms with Gasteiger partial charge in [0, 0.05) is 23.1 Å². The van der Waals surface area contributed by atoms with Crippen molar-refractivity contribution in [2.75, 3.05) is 5.75 Å². The molecule has 0 saturated heterocycles. The number of imide groups is 1. The van der Waals surface area contributed by atoms with E-state index in [1.54, 1.807) is 0 Å². The number of benzene rings is 1. The van der Waals surface area contributed by atoms with Gasteiger partial charge in [-0.2, -0.15) is 0 Å². The van der Waals surface area contributed by atoms with E-state index in [1.165, 1.54) is 6.42 Å². The van der Waals surface area contributed by atoms with Crippen LogP contribution in [0.1, 0.15) is 32.1 Å². The fourth-order valence-corrected chi connectivity index (χ4v) is 3.95. The van der Waals surface area contributed by atoms with E-state index in [2.05, 4.69) is 25.8 Å². The number of nitrogens with one attached hydrogen (secondary N) is 3. The van der Waals surface area contributed by atoms with Crippen LogP contribution in [0.25, 0.3) is 22.4 Å². The zero-order valence-corrected chi connectivity index (χ0v) is 16.1. The average molecular weight is 399 g/mol. The number of hydrogen-bond acceptors (Lipinski definition) is 6. The van der Waals surface area contributed by atoms with Crippen LogP contribution in [0.4, 0.5) is 4.79 Å². The first-order chi connectivity index (χ1) is 13.7. The Morgan fingerprint density at radius 2 is 2.00 bits per heavy atom. The summed E-state index contributed by atoms with van der Waals surface area (Å²) >= 11 is 1.10. The van der Waals surface area contributed by atoms with Gasteiger partial charge in [-0.1, -0.05) is 49.2 Å². The van der Waals surface area contributed by atoms with E-state index in [4.69, 9.17) is 4.42 Å². The number of amides is 3. The van der Waals surface area contributed by atoms with Crippen molar-refractivity contribution in [3.8, 4) is 11.5 Å². The van der Waals surface area contributed by atoms with Crippen molar-refractivity contribution in [1.29, 1.82) is 0 Å². The van der Waals surface area contributed by atoms with E-state index in [-0.39, 0.29) is 17.0 Å². The highest BCUT2D eigenvalue weighted by molar-refractivity contribution is 7.99. The second-order valence-electron chi connectivity index (χ2n) is 6.77. The smallest absolute Gasteiger partial charge is 0.321 e. The lowest BCUT2D eigenvalue weighted by molar-refractivity contribution is -0.117. The highest BCUT2D eigenvalue weighted by atomic mass is 32.2. The standard InChI is InChI=1S/C19H21N5O3S/c25-16(22-18(26)21-12-6-2-1-3-7-12)11-28-19-24-23-17(27-19)14-10-20-15-9-5-4-8-13(14)15/h4-5,8-10,12,20H,1-3,6-7,11H2,(H2,21,22,25,26).